The summed E-state index contributed by atoms with van der Waals surface area (Å²) in [5.74, 6) is 0.929. The summed E-state index contributed by atoms with van der Waals surface area (Å²) in [7, 11) is 1.92. The molecule has 0 aliphatic heterocycles. The van der Waals surface area contributed by atoms with Crippen molar-refractivity contribution in [3.8, 4) is 0 Å². The molecule has 15 heavy (non-hydrogen) atoms. The van der Waals surface area contributed by atoms with Crippen molar-refractivity contribution in [1.29, 1.82) is 0 Å². The average molecular weight is 221 g/mol. The van der Waals surface area contributed by atoms with Gasteiger partial charge >= 0.3 is 0 Å². The summed E-state index contributed by atoms with van der Waals surface area (Å²) in [5.41, 5.74) is 1.34. The number of nitrogens with one attached hydrogen (secondary N) is 1. The Bertz CT molecular complexity index is 444. The normalized spacial score (nSPS) is 12.7. The largest absolute Gasteiger partial charge is 0.361 e. The Balaban J connectivity index is 2.10. The highest BCUT2D eigenvalue weighted by Crippen LogP contribution is 2.25. The van der Waals surface area contributed by atoms with E-state index in [1.54, 1.807) is 16.0 Å². The quantitative estimate of drug-likeness (QED) is 0.863. The van der Waals surface area contributed by atoms with E-state index in [9.17, 15) is 0 Å². The van der Waals surface area contributed by atoms with Crippen molar-refractivity contribution in [3.05, 3.63) is 34.2 Å². The van der Waals surface area contributed by atoms with E-state index < -0.39 is 0 Å². The second kappa shape index (κ2) is 4.06. The van der Waals surface area contributed by atoms with Gasteiger partial charge in [0.1, 0.15) is 5.82 Å². The Labute approximate surface area is 93.7 Å². The van der Waals surface area contributed by atoms with Gasteiger partial charge in [-0.2, -0.15) is 5.10 Å². The number of aromatic nitrogens is 2. The molecular weight excluding hydrogens is 206 g/mol. The molecule has 0 bridgehead atoms. The highest BCUT2D eigenvalue weighted by molar-refractivity contribution is 7.10. The summed E-state index contributed by atoms with van der Waals surface area (Å²) < 4.78 is 1.80. The second-order valence-corrected chi connectivity index (χ2v) is 4.66. The molecule has 0 aliphatic carbocycles. The smallest absolute Gasteiger partial charge is 0.148 e. The van der Waals surface area contributed by atoms with Gasteiger partial charge in [0.05, 0.1) is 6.04 Å². The number of aryl methyl sites for hydroxylation is 2. The molecule has 4 heteroatoms. The van der Waals surface area contributed by atoms with E-state index >= 15 is 0 Å². The minimum atomic E-state index is 0.319. The standard InChI is InChI=1S/C11H15N3S/c1-8-5-7-15-11(8)9(2)12-10-4-6-14(3)13-10/h4-7,9H,1-3H3,(H,12,13). The van der Waals surface area contributed by atoms with E-state index in [2.05, 4.69) is 35.7 Å². The molecule has 1 unspecified atom stereocenters. The van der Waals surface area contributed by atoms with Gasteiger partial charge in [-0.05, 0) is 30.9 Å². The van der Waals surface area contributed by atoms with Crippen molar-refractivity contribution in [2.45, 2.75) is 19.9 Å². The lowest BCUT2D eigenvalue weighted by atomic mass is 10.2. The van der Waals surface area contributed by atoms with E-state index in [0.717, 1.165) is 5.82 Å². The first-order valence-electron chi connectivity index (χ1n) is 4.97. The summed E-state index contributed by atoms with van der Waals surface area (Å²) in [4.78, 5) is 1.38. The highest BCUT2D eigenvalue weighted by Gasteiger charge is 2.10. The van der Waals surface area contributed by atoms with Crippen LogP contribution in [0.2, 0.25) is 0 Å². The molecule has 0 fully saturated rings. The Hall–Kier alpha value is -1.29. The maximum Gasteiger partial charge on any atom is 0.148 e. The molecule has 0 saturated carbocycles. The van der Waals surface area contributed by atoms with Gasteiger partial charge in [-0.15, -0.1) is 11.3 Å². The first-order valence-corrected chi connectivity index (χ1v) is 5.85. The van der Waals surface area contributed by atoms with Gasteiger partial charge in [-0.1, -0.05) is 0 Å². The SMILES string of the molecule is Cc1ccsc1C(C)Nc1ccn(C)n1. The van der Waals surface area contributed by atoms with Crippen LogP contribution in [0.5, 0.6) is 0 Å². The van der Waals surface area contributed by atoms with Gasteiger partial charge in [0, 0.05) is 24.2 Å². The third-order valence-corrected chi connectivity index (χ3v) is 3.57. The predicted molar refractivity (Wildman–Crippen MR) is 64.3 cm³/mol. The van der Waals surface area contributed by atoms with Gasteiger partial charge in [0.15, 0.2) is 0 Å². The number of thiophene rings is 1. The summed E-state index contributed by atoms with van der Waals surface area (Å²) in [6.45, 7) is 4.30. The molecule has 0 aromatic carbocycles. The fourth-order valence-corrected chi connectivity index (χ4v) is 2.54. The number of nitrogens with zero attached hydrogens (tertiary/aromatic N) is 2. The number of hydrogen-bond donors (Lipinski definition) is 1. The van der Waals surface area contributed by atoms with Crippen LogP contribution < -0.4 is 5.32 Å². The van der Waals surface area contributed by atoms with E-state index in [1.807, 2.05) is 19.3 Å². The zero-order valence-corrected chi connectivity index (χ0v) is 10.0. The summed E-state index contributed by atoms with van der Waals surface area (Å²) in [6, 6.07) is 4.45. The minimum absolute atomic E-state index is 0.319. The fraction of sp³-hybridized carbons (Fsp3) is 0.364. The Morgan fingerprint density at radius 2 is 2.27 bits per heavy atom. The van der Waals surface area contributed by atoms with Crippen LogP contribution in [0.15, 0.2) is 23.7 Å². The molecule has 0 saturated heterocycles. The Kier molecular flexibility index (Phi) is 2.77. The van der Waals surface area contributed by atoms with Gasteiger partial charge in [0.2, 0.25) is 0 Å². The number of anilines is 1. The van der Waals surface area contributed by atoms with Crippen LogP contribution in [0.4, 0.5) is 5.82 Å². The van der Waals surface area contributed by atoms with E-state index in [0.29, 0.717) is 6.04 Å². The van der Waals surface area contributed by atoms with Crippen LogP contribution in [0, 0.1) is 6.92 Å². The highest BCUT2D eigenvalue weighted by atomic mass is 32.1. The zero-order valence-electron chi connectivity index (χ0n) is 9.19. The first kappa shape index (κ1) is 10.2. The van der Waals surface area contributed by atoms with Crippen LogP contribution in [0.3, 0.4) is 0 Å². The zero-order chi connectivity index (χ0) is 10.8. The lowest BCUT2D eigenvalue weighted by Gasteiger charge is -2.12. The summed E-state index contributed by atoms with van der Waals surface area (Å²) >= 11 is 1.79. The maximum absolute atomic E-state index is 4.30. The van der Waals surface area contributed by atoms with Crippen molar-refractivity contribution in [3.63, 3.8) is 0 Å². The van der Waals surface area contributed by atoms with Crippen LogP contribution in [0.25, 0.3) is 0 Å². The van der Waals surface area contributed by atoms with Gasteiger partial charge in [-0.25, -0.2) is 0 Å². The van der Waals surface area contributed by atoms with Crippen molar-refractivity contribution in [2.75, 3.05) is 5.32 Å². The van der Waals surface area contributed by atoms with Crippen molar-refractivity contribution in [2.24, 2.45) is 7.05 Å². The molecule has 0 aliphatic rings. The van der Waals surface area contributed by atoms with E-state index in [4.69, 9.17) is 0 Å². The van der Waals surface area contributed by atoms with Crippen molar-refractivity contribution in [1.82, 2.24) is 9.78 Å². The molecule has 80 valence electrons. The fourth-order valence-electron chi connectivity index (χ4n) is 1.61. The molecule has 0 amide bonds. The first-order chi connectivity index (χ1) is 7.16. The topological polar surface area (TPSA) is 29.9 Å². The maximum atomic E-state index is 4.30. The number of hydrogen-bond acceptors (Lipinski definition) is 3. The van der Waals surface area contributed by atoms with Crippen molar-refractivity contribution < 1.29 is 0 Å². The van der Waals surface area contributed by atoms with E-state index in [-0.39, 0.29) is 0 Å². The van der Waals surface area contributed by atoms with E-state index in [1.165, 1.54) is 10.4 Å². The third-order valence-electron chi connectivity index (χ3n) is 2.37. The van der Waals surface area contributed by atoms with Gasteiger partial charge in [-0.3, -0.25) is 4.68 Å². The summed E-state index contributed by atoms with van der Waals surface area (Å²) in [5, 5.41) is 9.81. The molecule has 0 radical (unpaired) electrons. The molecule has 3 nitrogen and oxygen atoms in total. The van der Waals surface area contributed by atoms with Crippen LogP contribution in [-0.2, 0) is 7.05 Å². The molecule has 1 atom stereocenters. The lowest BCUT2D eigenvalue weighted by Crippen LogP contribution is -2.06. The average Bonchev–Trinajstić information content (AvgIpc) is 2.75. The van der Waals surface area contributed by atoms with Crippen LogP contribution >= 0.6 is 11.3 Å². The van der Waals surface area contributed by atoms with Gasteiger partial charge in [0.25, 0.3) is 0 Å². The van der Waals surface area contributed by atoms with Crippen LogP contribution in [0.1, 0.15) is 23.4 Å². The van der Waals surface area contributed by atoms with Crippen LogP contribution in [-0.4, -0.2) is 9.78 Å². The second-order valence-electron chi connectivity index (χ2n) is 3.71. The van der Waals surface area contributed by atoms with Gasteiger partial charge < -0.3 is 5.32 Å². The lowest BCUT2D eigenvalue weighted by molar-refractivity contribution is 0.761. The molecule has 0 spiro atoms. The molecular formula is C11H15N3S. The molecule has 2 aromatic heterocycles. The Morgan fingerprint density at radius 1 is 1.47 bits per heavy atom. The van der Waals surface area contributed by atoms with Crippen molar-refractivity contribution >= 4 is 17.2 Å². The summed E-state index contributed by atoms with van der Waals surface area (Å²) in [6.07, 6.45) is 1.94. The number of rotatable bonds is 3. The third kappa shape index (κ3) is 2.21. The Morgan fingerprint density at radius 3 is 2.80 bits per heavy atom. The molecule has 2 rings (SSSR count). The monoisotopic (exact) mass is 221 g/mol. The predicted octanol–water partition coefficient (Wildman–Crippen LogP) is 2.96. The minimum Gasteiger partial charge on any atom is -0.361 e. The molecule has 2 aromatic rings. The molecule has 2 heterocycles. The molecule has 1 N–H and O–H groups in total.